The summed E-state index contributed by atoms with van der Waals surface area (Å²) in [6.07, 6.45) is 1.74. The number of benzene rings is 2. The second-order valence-electron chi connectivity index (χ2n) is 6.91. The predicted octanol–water partition coefficient (Wildman–Crippen LogP) is 3.31. The van der Waals surface area contributed by atoms with Crippen LogP contribution in [0.3, 0.4) is 0 Å². The number of carbonyl (C=O) groups excluding carboxylic acids is 2. The Bertz CT molecular complexity index is 990. The van der Waals surface area contributed by atoms with Crippen molar-refractivity contribution in [2.45, 2.75) is 32.2 Å². The van der Waals surface area contributed by atoms with Crippen molar-refractivity contribution in [1.82, 2.24) is 4.90 Å². The largest absolute Gasteiger partial charge is 0.327 e. The van der Waals surface area contributed by atoms with Crippen molar-refractivity contribution >= 4 is 28.9 Å². The van der Waals surface area contributed by atoms with Crippen molar-refractivity contribution in [1.29, 1.82) is 0 Å². The molecule has 0 bridgehead atoms. The van der Waals surface area contributed by atoms with Gasteiger partial charge >= 0.3 is 0 Å². The lowest BCUT2D eigenvalue weighted by Crippen LogP contribution is -2.43. The first-order valence-corrected chi connectivity index (χ1v) is 9.45. The number of carbonyl (C=O) groups is 2. The summed E-state index contributed by atoms with van der Waals surface area (Å²) in [6.45, 7) is 2.24. The molecule has 1 aliphatic rings. The SMILES string of the molecule is CCc1ccccc1NC(=O)[C@H]1CCCN1C(=O)c1cc([N+](=O)[O-])cc([N+](=O)[O-])c1. The number of aryl methyl sites for hydroxylation is 1. The number of nitrogens with one attached hydrogen (secondary N) is 1. The molecule has 1 atom stereocenters. The van der Waals surface area contributed by atoms with Crippen molar-refractivity contribution in [3.63, 3.8) is 0 Å². The Morgan fingerprint density at radius 1 is 1.10 bits per heavy atom. The average molecular weight is 412 g/mol. The number of hydrogen-bond donors (Lipinski definition) is 1. The topological polar surface area (TPSA) is 136 Å². The lowest BCUT2D eigenvalue weighted by atomic mass is 10.1. The van der Waals surface area contributed by atoms with Crippen molar-refractivity contribution in [2.24, 2.45) is 0 Å². The van der Waals surface area contributed by atoms with Gasteiger partial charge in [0.1, 0.15) is 6.04 Å². The molecule has 1 saturated heterocycles. The molecule has 156 valence electrons. The standard InChI is InChI=1S/C20H20N4O6/c1-2-13-6-3-4-7-17(13)21-19(25)18-8-5-9-22(18)20(26)14-10-15(23(27)28)12-16(11-14)24(29)30/h3-4,6-7,10-12,18H,2,5,8-9H2,1H3,(H,21,25)/t18-/m1/s1. The number of rotatable bonds is 6. The number of likely N-dealkylation sites (tertiary alicyclic amines) is 1. The van der Waals surface area contributed by atoms with E-state index in [2.05, 4.69) is 5.32 Å². The lowest BCUT2D eigenvalue weighted by molar-refractivity contribution is -0.394. The summed E-state index contributed by atoms with van der Waals surface area (Å²) in [5.74, 6) is -1.01. The van der Waals surface area contributed by atoms with Crippen LogP contribution in [-0.4, -0.2) is 39.1 Å². The molecule has 1 aliphatic heterocycles. The van der Waals surface area contributed by atoms with Crippen LogP contribution in [0.2, 0.25) is 0 Å². The van der Waals surface area contributed by atoms with Crippen molar-refractivity contribution < 1.29 is 19.4 Å². The fraction of sp³-hybridized carbons (Fsp3) is 0.300. The second kappa shape index (κ2) is 8.68. The lowest BCUT2D eigenvalue weighted by Gasteiger charge is -2.24. The minimum atomic E-state index is -0.792. The number of amides is 2. The molecule has 1 fully saturated rings. The number of para-hydroxylation sites is 1. The van der Waals surface area contributed by atoms with Crippen LogP contribution in [0.25, 0.3) is 0 Å². The number of anilines is 1. The van der Waals surface area contributed by atoms with E-state index in [-0.39, 0.29) is 18.0 Å². The molecule has 1 heterocycles. The summed E-state index contributed by atoms with van der Waals surface area (Å²) in [5.41, 5.74) is 0.324. The van der Waals surface area contributed by atoms with E-state index in [4.69, 9.17) is 0 Å². The number of hydrogen-bond acceptors (Lipinski definition) is 6. The van der Waals surface area contributed by atoms with Gasteiger partial charge < -0.3 is 10.2 Å². The Hall–Kier alpha value is -3.82. The Morgan fingerprint density at radius 3 is 2.33 bits per heavy atom. The number of nitrogens with zero attached hydrogens (tertiary/aromatic N) is 3. The van der Waals surface area contributed by atoms with Crippen molar-refractivity contribution in [2.75, 3.05) is 11.9 Å². The van der Waals surface area contributed by atoms with Crippen LogP contribution >= 0.6 is 0 Å². The zero-order valence-electron chi connectivity index (χ0n) is 16.2. The summed E-state index contributed by atoms with van der Waals surface area (Å²) >= 11 is 0. The highest BCUT2D eigenvalue weighted by Crippen LogP contribution is 2.27. The van der Waals surface area contributed by atoms with Gasteiger partial charge in [-0.1, -0.05) is 25.1 Å². The molecule has 0 saturated carbocycles. The maximum absolute atomic E-state index is 13.0. The highest BCUT2D eigenvalue weighted by molar-refractivity contribution is 6.02. The molecule has 0 unspecified atom stereocenters. The number of non-ortho nitro benzene ring substituents is 2. The Morgan fingerprint density at radius 2 is 1.73 bits per heavy atom. The molecule has 0 aromatic heterocycles. The van der Waals surface area contributed by atoms with Crippen LogP contribution in [0.15, 0.2) is 42.5 Å². The van der Waals surface area contributed by atoms with Gasteiger partial charge in [-0.2, -0.15) is 0 Å². The molecule has 10 nitrogen and oxygen atoms in total. The van der Waals surface area contributed by atoms with Crippen LogP contribution in [0.5, 0.6) is 0 Å². The first-order chi connectivity index (χ1) is 14.3. The van der Waals surface area contributed by atoms with Gasteiger partial charge in [0.2, 0.25) is 5.91 Å². The molecule has 2 aromatic rings. The predicted molar refractivity (Wildman–Crippen MR) is 108 cm³/mol. The van der Waals surface area contributed by atoms with Crippen LogP contribution < -0.4 is 5.32 Å². The van der Waals surface area contributed by atoms with Gasteiger partial charge in [-0.15, -0.1) is 0 Å². The number of nitro groups is 2. The minimum absolute atomic E-state index is 0.190. The van der Waals surface area contributed by atoms with E-state index in [1.807, 2.05) is 19.1 Å². The molecular formula is C20H20N4O6. The molecule has 1 N–H and O–H groups in total. The monoisotopic (exact) mass is 412 g/mol. The quantitative estimate of drug-likeness (QED) is 0.571. The third-order valence-electron chi connectivity index (χ3n) is 5.04. The molecule has 0 spiro atoms. The second-order valence-corrected chi connectivity index (χ2v) is 6.91. The van der Waals surface area contributed by atoms with Gasteiger partial charge in [-0.05, 0) is 30.9 Å². The maximum Gasteiger partial charge on any atom is 0.277 e. The first-order valence-electron chi connectivity index (χ1n) is 9.45. The highest BCUT2D eigenvalue weighted by Gasteiger charge is 2.35. The van der Waals surface area contributed by atoms with E-state index in [0.717, 1.165) is 30.2 Å². The zero-order chi connectivity index (χ0) is 21.8. The Balaban J connectivity index is 1.86. The van der Waals surface area contributed by atoms with Crippen molar-refractivity contribution in [3.8, 4) is 0 Å². The molecule has 2 amide bonds. The molecule has 10 heteroatoms. The summed E-state index contributed by atoms with van der Waals surface area (Å²) < 4.78 is 0. The molecule has 2 aromatic carbocycles. The van der Waals surface area contributed by atoms with Crippen LogP contribution in [-0.2, 0) is 11.2 Å². The van der Waals surface area contributed by atoms with E-state index in [1.165, 1.54) is 4.90 Å². The van der Waals surface area contributed by atoms with Crippen molar-refractivity contribution in [3.05, 3.63) is 73.8 Å². The van der Waals surface area contributed by atoms with Gasteiger partial charge in [-0.3, -0.25) is 29.8 Å². The van der Waals surface area contributed by atoms with Gasteiger partial charge in [0.15, 0.2) is 0 Å². The van der Waals surface area contributed by atoms with Gasteiger partial charge in [0, 0.05) is 24.4 Å². The van der Waals surface area contributed by atoms with E-state index >= 15 is 0 Å². The zero-order valence-corrected chi connectivity index (χ0v) is 16.2. The third-order valence-corrected chi connectivity index (χ3v) is 5.04. The first kappa shape index (κ1) is 20.9. The normalized spacial score (nSPS) is 15.6. The summed E-state index contributed by atoms with van der Waals surface area (Å²) in [5, 5.41) is 25.1. The van der Waals surface area contributed by atoms with Gasteiger partial charge in [0.05, 0.1) is 21.5 Å². The molecule has 0 radical (unpaired) electrons. The fourth-order valence-corrected chi connectivity index (χ4v) is 3.54. The summed E-state index contributed by atoms with van der Waals surface area (Å²) in [7, 11) is 0. The van der Waals surface area contributed by atoms with Crippen LogP contribution in [0.4, 0.5) is 17.1 Å². The Labute approximate surface area is 171 Å². The summed E-state index contributed by atoms with van der Waals surface area (Å²) in [4.78, 5) is 47.8. The molecular weight excluding hydrogens is 392 g/mol. The average Bonchev–Trinajstić information content (AvgIpc) is 3.23. The molecule has 30 heavy (non-hydrogen) atoms. The van der Waals surface area contributed by atoms with Crippen LogP contribution in [0.1, 0.15) is 35.7 Å². The smallest absolute Gasteiger partial charge is 0.277 e. The van der Waals surface area contributed by atoms with E-state index in [9.17, 15) is 29.8 Å². The van der Waals surface area contributed by atoms with E-state index in [0.29, 0.717) is 18.5 Å². The third kappa shape index (κ3) is 4.27. The van der Waals surface area contributed by atoms with E-state index in [1.54, 1.807) is 12.1 Å². The molecule has 3 rings (SSSR count). The van der Waals surface area contributed by atoms with Gasteiger partial charge in [-0.25, -0.2) is 0 Å². The van der Waals surface area contributed by atoms with E-state index < -0.39 is 33.2 Å². The molecule has 0 aliphatic carbocycles. The number of nitro benzene ring substituents is 2. The summed E-state index contributed by atoms with van der Waals surface area (Å²) in [6, 6.07) is 9.37. The highest BCUT2D eigenvalue weighted by atomic mass is 16.6. The van der Waals surface area contributed by atoms with Gasteiger partial charge in [0.25, 0.3) is 17.3 Å². The fourth-order valence-electron chi connectivity index (χ4n) is 3.54. The minimum Gasteiger partial charge on any atom is -0.327 e. The van der Waals surface area contributed by atoms with Crippen LogP contribution in [0, 0.1) is 20.2 Å². The Kier molecular flexibility index (Phi) is 6.05. The maximum atomic E-state index is 13.0.